The first kappa shape index (κ1) is 15.3. The van der Waals surface area contributed by atoms with Crippen LogP contribution in [0.1, 0.15) is 22.5 Å². The number of rotatable bonds is 2. The molecule has 0 aliphatic rings. The van der Waals surface area contributed by atoms with Gasteiger partial charge in [-0.2, -0.15) is 18.4 Å². The van der Waals surface area contributed by atoms with Crippen LogP contribution in [0.4, 0.5) is 13.2 Å². The second-order valence-electron chi connectivity index (χ2n) is 4.38. The van der Waals surface area contributed by atoms with Gasteiger partial charge in [-0.15, -0.1) is 0 Å². The third-order valence-corrected chi connectivity index (χ3v) is 3.47. The van der Waals surface area contributed by atoms with Crippen LogP contribution in [0.2, 0.25) is 0 Å². The molecule has 0 saturated carbocycles. The Morgan fingerprint density at radius 2 is 1.86 bits per heavy atom. The van der Waals surface area contributed by atoms with Crippen LogP contribution in [0.25, 0.3) is 0 Å². The summed E-state index contributed by atoms with van der Waals surface area (Å²) >= 11 is 0.953. The van der Waals surface area contributed by atoms with E-state index in [2.05, 4.69) is 9.97 Å². The SMILES string of the molecule is Cc1cc(C)nc(Sc2nc(C(F)(F)F)ccc2C#N)c1. The van der Waals surface area contributed by atoms with Crippen LogP contribution in [0, 0.1) is 25.2 Å². The normalized spacial score (nSPS) is 11.2. The highest BCUT2D eigenvalue weighted by Crippen LogP contribution is 2.33. The van der Waals surface area contributed by atoms with Crippen molar-refractivity contribution in [1.82, 2.24) is 9.97 Å². The first-order valence-electron chi connectivity index (χ1n) is 5.91. The Morgan fingerprint density at radius 1 is 1.14 bits per heavy atom. The molecule has 2 heterocycles. The van der Waals surface area contributed by atoms with Gasteiger partial charge in [0.05, 0.1) is 5.56 Å². The molecule has 0 spiro atoms. The van der Waals surface area contributed by atoms with Gasteiger partial charge in [0.1, 0.15) is 21.8 Å². The highest BCUT2D eigenvalue weighted by atomic mass is 32.2. The number of hydrogen-bond acceptors (Lipinski definition) is 4. The molecule has 0 N–H and O–H groups in total. The third kappa shape index (κ3) is 3.73. The molecule has 0 aromatic carbocycles. The Kier molecular flexibility index (Phi) is 4.19. The van der Waals surface area contributed by atoms with Crippen LogP contribution in [0.15, 0.2) is 34.3 Å². The molecule has 21 heavy (non-hydrogen) atoms. The predicted octanol–water partition coefficient (Wildman–Crippen LogP) is 4.14. The molecule has 0 atom stereocenters. The zero-order valence-corrected chi connectivity index (χ0v) is 12.0. The molecule has 0 aliphatic carbocycles. The van der Waals surface area contributed by atoms with E-state index in [1.807, 2.05) is 19.1 Å². The molecule has 3 nitrogen and oxygen atoms in total. The number of nitriles is 1. The fraction of sp³-hybridized carbons (Fsp3) is 0.214. The van der Waals surface area contributed by atoms with Crippen LogP contribution in [0.3, 0.4) is 0 Å². The molecule has 0 saturated heterocycles. The fourth-order valence-electron chi connectivity index (χ4n) is 1.72. The number of aromatic nitrogens is 2. The van der Waals surface area contributed by atoms with Crippen LogP contribution in [-0.2, 0) is 6.18 Å². The van der Waals surface area contributed by atoms with E-state index < -0.39 is 11.9 Å². The lowest BCUT2D eigenvalue weighted by atomic mass is 10.2. The van der Waals surface area contributed by atoms with E-state index >= 15 is 0 Å². The first-order chi connectivity index (χ1) is 9.79. The number of hydrogen-bond donors (Lipinski definition) is 0. The summed E-state index contributed by atoms with van der Waals surface area (Å²) in [6.07, 6.45) is -4.54. The second-order valence-corrected chi connectivity index (χ2v) is 5.39. The largest absolute Gasteiger partial charge is 0.433 e. The lowest BCUT2D eigenvalue weighted by Crippen LogP contribution is -2.08. The minimum atomic E-state index is -4.54. The summed E-state index contributed by atoms with van der Waals surface area (Å²) in [5.41, 5.74) is 0.765. The van der Waals surface area contributed by atoms with Crippen molar-refractivity contribution in [1.29, 1.82) is 5.26 Å². The molecule has 0 radical (unpaired) electrons. The standard InChI is InChI=1S/C14H10F3N3S/c1-8-5-9(2)19-12(6-8)21-13-10(7-18)3-4-11(20-13)14(15,16)17/h3-6H,1-2H3. The van der Waals surface area contributed by atoms with Gasteiger partial charge in [-0.3, -0.25) is 0 Å². The summed E-state index contributed by atoms with van der Waals surface area (Å²) < 4.78 is 38.1. The van der Waals surface area contributed by atoms with Crippen molar-refractivity contribution >= 4 is 11.8 Å². The molecular formula is C14H10F3N3S. The zero-order valence-electron chi connectivity index (χ0n) is 11.2. The van der Waals surface area contributed by atoms with Crippen molar-refractivity contribution in [2.24, 2.45) is 0 Å². The summed E-state index contributed by atoms with van der Waals surface area (Å²) in [5, 5.41) is 9.51. The molecule has 2 aromatic rings. The number of pyridine rings is 2. The Labute approximate surface area is 123 Å². The summed E-state index contributed by atoms with van der Waals surface area (Å²) in [7, 11) is 0. The maximum Gasteiger partial charge on any atom is 0.433 e. The van der Waals surface area contributed by atoms with Crippen LogP contribution < -0.4 is 0 Å². The number of halogens is 3. The van der Waals surface area contributed by atoms with Crippen molar-refractivity contribution in [3.05, 3.63) is 46.8 Å². The summed E-state index contributed by atoms with van der Waals surface area (Å²) in [6.45, 7) is 3.66. The number of nitrogens with zero attached hydrogens (tertiary/aromatic N) is 3. The minimum absolute atomic E-state index is 0.00447. The van der Waals surface area contributed by atoms with Crippen molar-refractivity contribution < 1.29 is 13.2 Å². The van der Waals surface area contributed by atoms with Gasteiger partial charge in [0.15, 0.2) is 0 Å². The summed E-state index contributed by atoms with van der Waals surface area (Å²) in [4.78, 5) is 7.77. The molecule has 0 fully saturated rings. The predicted molar refractivity (Wildman–Crippen MR) is 71.8 cm³/mol. The quantitative estimate of drug-likeness (QED) is 0.836. The summed E-state index contributed by atoms with van der Waals surface area (Å²) in [6, 6.07) is 7.37. The lowest BCUT2D eigenvalue weighted by Gasteiger charge is -2.09. The third-order valence-electron chi connectivity index (χ3n) is 2.55. The van der Waals surface area contributed by atoms with E-state index in [1.54, 1.807) is 13.0 Å². The molecule has 0 aliphatic heterocycles. The average Bonchev–Trinajstić information content (AvgIpc) is 2.36. The lowest BCUT2D eigenvalue weighted by molar-refractivity contribution is -0.141. The van der Waals surface area contributed by atoms with E-state index in [4.69, 9.17) is 5.26 Å². The smallest absolute Gasteiger partial charge is 0.246 e. The van der Waals surface area contributed by atoms with Gasteiger partial charge in [0.25, 0.3) is 0 Å². The molecule has 2 aromatic heterocycles. The van der Waals surface area contributed by atoms with Gasteiger partial charge in [-0.25, -0.2) is 9.97 Å². The Hall–Kier alpha value is -2.07. The molecule has 0 amide bonds. The van der Waals surface area contributed by atoms with E-state index in [-0.39, 0.29) is 10.6 Å². The molecule has 2 rings (SSSR count). The van der Waals surface area contributed by atoms with Gasteiger partial charge in [0.2, 0.25) is 0 Å². The monoisotopic (exact) mass is 309 g/mol. The van der Waals surface area contributed by atoms with E-state index in [1.165, 1.54) is 0 Å². The topological polar surface area (TPSA) is 49.6 Å². The van der Waals surface area contributed by atoms with Crippen molar-refractivity contribution in [3.63, 3.8) is 0 Å². The number of alkyl halides is 3. The van der Waals surface area contributed by atoms with Gasteiger partial charge in [-0.1, -0.05) is 0 Å². The van der Waals surface area contributed by atoms with Gasteiger partial charge >= 0.3 is 6.18 Å². The Balaban J connectivity index is 2.45. The highest BCUT2D eigenvalue weighted by Gasteiger charge is 2.33. The Morgan fingerprint density at radius 3 is 2.43 bits per heavy atom. The number of aryl methyl sites for hydroxylation is 2. The van der Waals surface area contributed by atoms with E-state index in [9.17, 15) is 13.2 Å². The first-order valence-corrected chi connectivity index (χ1v) is 6.73. The van der Waals surface area contributed by atoms with Crippen molar-refractivity contribution in [2.45, 2.75) is 30.1 Å². The molecule has 0 bridgehead atoms. The molecule has 108 valence electrons. The van der Waals surface area contributed by atoms with Crippen LogP contribution in [-0.4, -0.2) is 9.97 Å². The van der Waals surface area contributed by atoms with Crippen LogP contribution in [0.5, 0.6) is 0 Å². The second kappa shape index (κ2) is 5.74. The van der Waals surface area contributed by atoms with Gasteiger partial charge in [-0.05, 0) is 55.4 Å². The van der Waals surface area contributed by atoms with Crippen molar-refractivity contribution in [2.75, 3.05) is 0 Å². The van der Waals surface area contributed by atoms with E-state index in [0.29, 0.717) is 5.03 Å². The van der Waals surface area contributed by atoms with Crippen molar-refractivity contribution in [3.8, 4) is 6.07 Å². The molecule has 0 unspecified atom stereocenters. The Bertz CT molecular complexity index is 700. The zero-order chi connectivity index (χ0) is 15.6. The van der Waals surface area contributed by atoms with Crippen LogP contribution >= 0.6 is 11.8 Å². The average molecular weight is 309 g/mol. The maximum atomic E-state index is 12.7. The van der Waals surface area contributed by atoms with Gasteiger partial charge < -0.3 is 0 Å². The fourth-order valence-corrected chi connectivity index (χ4v) is 2.72. The minimum Gasteiger partial charge on any atom is -0.246 e. The maximum absolute atomic E-state index is 12.7. The molecular weight excluding hydrogens is 299 g/mol. The molecule has 7 heteroatoms. The van der Waals surface area contributed by atoms with E-state index in [0.717, 1.165) is 35.2 Å². The van der Waals surface area contributed by atoms with Gasteiger partial charge in [0, 0.05) is 5.69 Å². The summed E-state index contributed by atoms with van der Waals surface area (Å²) in [5.74, 6) is 0. The highest BCUT2D eigenvalue weighted by molar-refractivity contribution is 7.99.